The number of carbonyl (C=O) groups excluding carboxylic acids is 1. The third-order valence-corrected chi connectivity index (χ3v) is 6.65. The quantitative estimate of drug-likeness (QED) is 0.575. The topological polar surface area (TPSA) is 61.2 Å². The molecule has 2 aromatic heterocycles. The lowest BCUT2D eigenvalue weighted by molar-refractivity contribution is 0.0968. The molecule has 7 heteroatoms. The maximum absolute atomic E-state index is 13.6. The van der Waals surface area contributed by atoms with Crippen molar-refractivity contribution >= 4 is 27.3 Å². The molecule has 0 fully saturated rings. The van der Waals surface area contributed by atoms with E-state index in [1.165, 1.54) is 27.6 Å². The number of aromatic nitrogens is 2. The van der Waals surface area contributed by atoms with Gasteiger partial charge in [0.15, 0.2) is 5.78 Å². The Bertz CT molecular complexity index is 1150. The van der Waals surface area contributed by atoms with Gasteiger partial charge in [0.2, 0.25) is 0 Å². The van der Waals surface area contributed by atoms with Gasteiger partial charge in [0.05, 0.1) is 18.5 Å². The first-order chi connectivity index (χ1) is 14.0. The fourth-order valence-electron chi connectivity index (χ4n) is 3.88. The second kappa shape index (κ2) is 8.16. The Morgan fingerprint density at radius 2 is 2.10 bits per heavy atom. The van der Waals surface area contributed by atoms with E-state index in [-0.39, 0.29) is 23.7 Å². The summed E-state index contributed by atoms with van der Waals surface area (Å²) in [4.78, 5) is 33.0. The lowest BCUT2D eigenvalue weighted by Gasteiger charge is -2.13. The smallest absolute Gasteiger partial charge is 0.262 e. The van der Waals surface area contributed by atoms with Gasteiger partial charge in [0.25, 0.3) is 5.56 Å². The van der Waals surface area contributed by atoms with Crippen molar-refractivity contribution in [3.05, 3.63) is 61.8 Å². The molecule has 0 radical (unpaired) electrons. The Morgan fingerprint density at radius 1 is 1.31 bits per heavy atom. The minimum absolute atomic E-state index is 0.115. The van der Waals surface area contributed by atoms with E-state index in [0.717, 1.165) is 36.1 Å². The van der Waals surface area contributed by atoms with Gasteiger partial charge in [-0.1, -0.05) is 0 Å². The molecule has 1 aliphatic carbocycles. The van der Waals surface area contributed by atoms with Crippen molar-refractivity contribution in [1.82, 2.24) is 9.55 Å². The van der Waals surface area contributed by atoms with Gasteiger partial charge in [-0.2, -0.15) is 0 Å². The van der Waals surface area contributed by atoms with Gasteiger partial charge in [-0.3, -0.25) is 14.2 Å². The molecule has 0 N–H and O–H groups in total. The molecule has 0 aliphatic heterocycles. The van der Waals surface area contributed by atoms with Crippen molar-refractivity contribution in [3.63, 3.8) is 0 Å². The van der Waals surface area contributed by atoms with Crippen LogP contribution in [0.15, 0.2) is 23.0 Å². The second-order valence-electron chi connectivity index (χ2n) is 7.44. The first kappa shape index (κ1) is 19.9. The highest BCUT2D eigenvalue weighted by molar-refractivity contribution is 7.18. The monoisotopic (exact) mass is 414 g/mol. The highest BCUT2D eigenvalue weighted by atomic mass is 32.1. The molecule has 0 unspecified atom stereocenters. The summed E-state index contributed by atoms with van der Waals surface area (Å²) >= 11 is 1.60. The highest BCUT2D eigenvalue weighted by Crippen LogP contribution is 2.33. The number of fused-ring (bicyclic) bond motifs is 3. The largest absolute Gasteiger partial charge is 0.384 e. The molecule has 152 valence electrons. The SMILES string of the molecule is COCCc1nc2sc3c(c2c(=O)n1CC(=O)c1ccc(F)c(C)c1)CCCC3. The Labute approximate surface area is 172 Å². The van der Waals surface area contributed by atoms with Crippen LogP contribution in [0.2, 0.25) is 0 Å². The first-order valence-corrected chi connectivity index (χ1v) is 10.6. The third-order valence-electron chi connectivity index (χ3n) is 5.47. The van der Waals surface area contributed by atoms with Crippen LogP contribution >= 0.6 is 11.3 Å². The van der Waals surface area contributed by atoms with E-state index in [0.29, 0.717) is 35.4 Å². The molecule has 2 heterocycles. The first-order valence-electron chi connectivity index (χ1n) is 9.82. The summed E-state index contributed by atoms with van der Waals surface area (Å²) in [6.45, 7) is 1.91. The van der Waals surface area contributed by atoms with E-state index in [1.807, 2.05) is 0 Å². The summed E-state index contributed by atoms with van der Waals surface area (Å²) in [6.07, 6.45) is 4.51. The molecule has 1 aliphatic rings. The van der Waals surface area contributed by atoms with Crippen LogP contribution in [0.5, 0.6) is 0 Å². The van der Waals surface area contributed by atoms with Crippen molar-refractivity contribution < 1.29 is 13.9 Å². The van der Waals surface area contributed by atoms with Crippen LogP contribution in [0.3, 0.4) is 0 Å². The van der Waals surface area contributed by atoms with Crippen molar-refractivity contribution in [2.24, 2.45) is 0 Å². The van der Waals surface area contributed by atoms with Crippen LogP contribution in [-0.2, 0) is 30.5 Å². The van der Waals surface area contributed by atoms with Gasteiger partial charge < -0.3 is 4.74 Å². The van der Waals surface area contributed by atoms with Gasteiger partial charge in [-0.05, 0) is 61.9 Å². The number of nitrogens with zero attached hydrogens (tertiary/aromatic N) is 2. The lowest BCUT2D eigenvalue weighted by Crippen LogP contribution is -2.29. The maximum Gasteiger partial charge on any atom is 0.262 e. The lowest BCUT2D eigenvalue weighted by atomic mass is 9.97. The number of halogens is 1. The average molecular weight is 415 g/mol. The van der Waals surface area contributed by atoms with Crippen LogP contribution in [-0.4, -0.2) is 29.1 Å². The van der Waals surface area contributed by atoms with E-state index in [9.17, 15) is 14.0 Å². The minimum Gasteiger partial charge on any atom is -0.384 e. The number of ketones is 1. The summed E-state index contributed by atoms with van der Waals surface area (Å²) < 4.78 is 20.2. The summed E-state index contributed by atoms with van der Waals surface area (Å²) in [5.74, 6) is -0.0401. The van der Waals surface area contributed by atoms with Gasteiger partial charge in [0, 0.05) is 24.0 Å². The van der Waals surface area contributed by atoms with Gasteiger partial charge in [0.1, 0.15) is 16.5 Å². The number of methoxy groups -OCH3 is 1. The van der Waals surface area contributed by atoms with Crippen molar-refractivity contribution in [3.8, 4) is 0 Å². The third kappa shape index (κ3) is 3.76. The van der Waals surface area contributed by atoms with E-state index >= 15 is 0 Å². The van der Waals surface area contributed by atoms with E-state index in [1.54, 1.807) is 25.4 Å². The van der Waals surface area contributed by atoms with Crippen molar-refractivity contribution in [2.75, 3.05) is 13.7 Å². The fourth-order valence-corrected chi connectivity index (χ4v) is 5.15. The van der Waals surface area contributed by atoms with Crippen LogP contribution < -0.4 is 5.56 Å². The number of hydrogen-bond acceptors (Lipinski definition) is 5. The highest BCUT2D eigenvalue weighted by Gasteiger charge is 2.23. The number of carbonyl (C=O) groups is 1. The normalized spacial score (nSPS) is 13.6. The van der Waals surface area contributed by atoms with Crippen LogP contribution in [0, 0.1) is 12.7 Å². The molecule has 29 heavy (non-hydrogen) atoms. The Balaban J connectivity index is 1.80. The summed E-state index contributed by atoms with van der Waals surface area (Å²) in [5.41, 5.74) is 1.74. The molecule has 1 aromatic carbocycles. The van der Waals surface area contributed by atoms with Crippen LogP contribution in [0.1, 0.15) is 45.0 Å². The maximum atomic E-state index is 13.6. The number of aryl methyl sites for hydroxylation is 3. The summed E-state index contributed by atoms with van der Waals surface area (Å²) in [7, 11) is 1.59. The molecule has 0 bridgehead atoms. The summed E-state index contributed by atoms with van der Waals surface area (Å²) in [6, 6.07) is 4.27. The molecule has 5 nitrogen and oxygen atoms in total. The number of Topliss-reactive ketones (excluding diaryl/α,β-unsaturated/α-hetero) is 1. The molecule has 4 rings (SSSR count). The average Bonchev–Trinajstić information content (AvgIpc) is 3.09. The molecule has 0 spiro atoms. The van der Waals surface area contributed by atoms with E-state index in [4.69, 9.17) is 9.72 Å². The Hall–Kier alpha value is -2.38. The van der Waals surface area contributed by atoms with E-state index in [2.05, 4.69) is 0 Å². The predicted octanol–water partition coefficient (Wildman–Crippen LogP) is 3.86. The molecule has 0 amide bonds. The van der Waals surface area contributed by atoms with Gasteiger partial charge in [-0.15, -0.1) is 11.3 Å². The number of hydrogen-bond donors (Lipinski definition) is 0. The van der Waals surface area contributed by atoms with Crippen LogP contribution in [0.25, 0.3) is 10.2 Å². The summed E-state index contributed by atoms with van der Waals surface area (Å²) in [5, 5.41) is 0.661. The second-order valence-corrected chi connectivity index (χ2v) is 8.52. The molecular weight excluding hydrogens is 391 g/mol. The number of rotatable bonds is 6. The van der Waals surface area contributed by atoms with E-state index < -0.39 is 0 Å². The number of benzene rings is 1. The molecular formula is C22H23FN2O3S. The number of ether oxygens (including phenoxy) is 1. The van der Waals surface area contributed by atoms with Gasteiger partial charge >= 0.3 is 0 Å². The van der Waals surface area contributed by atoms with Crippen molar-refractivity contribution in [2.45, 2.75) is 45.6 Å². The predicted molar refractivity (Wildman–Crippen MR) is 112 cm³/mol. The van der Waals surface area contributed by atoms with Crippen molar-refractivity contribution in [1.29, 1.82) is 0 Å². The zero-order valence-electron chi connectivity index (χ0n) is 16.6. The fraction of sp³-hybridized carbons (Fsp3) is 0.409. The zero-order valence-corrected chi connectivity index (χ0v) is 17.4. The van der Waals surface area contributed by atoms with Gasteiger partial charge in [-0.25, -0.2) is 9.37 Å². The number of thiophene rings is 1. The molecule has 3 aromatic rings. The standard InChI is InChI=1S/C22H23FN2O3S/c1-13-11-14(7-8-16(13)23)17(26)12-25-19(9-10-28-2)24-21-20(22(25)27)15-5-3-4-6-18(15)29-21/h7-8,11H,3-6,9-10,12H2,1-2H3. The molecule has 0 saturated heterocycles. The minimum atomic E-state index is -0.354. The molecule has 0 atom stereocenters. The Morgan fingerprint density at radius 3 is 2.86 bits per heavy atom. The Kier molecular flexibility index (Phi) is 5.61. The van der Waals surface area contributed by atoms with Crippen LogP contribution in [0.4, 0.5) is 4.39 Å². The molecule has 0 saturated carbocycles. The zero-order chi connectivity index (χ0) is 20.5.